The van der Waals surface area contributed by atoms with Gasteiger partial charge in [-0.25, -0.2) is 9.79 Å². The summed E-state index contributed by atoms with van der Waals surface area (Å²) >= 11 is 1.25. The summed E-state index contributed by atoms with van der Waals surface area (Å²) in [4.78, 5) is 29.1. The van der Waals surface area contributed by atoms with E-state index in [1.165, 1.54) is 24.1 Å². The number of furan rings is 1. The normalized spacial score (nSPS) is 16.4. The lowest BCUT2D eigenvalue weighted by Gasteiger charge is -2.03. The molecule has 1 aromatic heterocycles. The van der Waals surface area contributed by atoms with E-state index in [9.17, 15) is 9.59 Å². The lowest BCUT2D eigenvalue weighted by Crippen LogP contribution is -2.19. The molecule has 7 heteroatoms. The molecule has 4 rings (SSSR count). The van der Waals surface area contributed by atoms with E-state index in [0.29, 0.717) is 15.8 Å². The number of hydrogen-bond donors (Lipinski definition) is 1. The van der Waals surface area contributed by atoms with Gasteiger partial charge in [0.15, 0.2) is 5.17 Å². The fourth-order valence-electron chi connectivity index (χ4n) is 2.47. The van der Waals surface area contributed by atoms with E-state index in [4.69, 9.17) is 9.15 Å². The van der Waals surface area contributed by atoms with Crippen molar-refractivity contribution in [3.05, 3.63) is 89.2 Å². The van der Waals surface area contributed by atoms with Crippen molar-refractivity contribution in [2.75, 3.05) is 0 Å². The molecule has 0 spiro atoms. The summed E-state index contributed by atoms with van der Waals surface area (Å²) in [7, 11) is 0. The number of rotatable bonds is 4. The number of ether oxygens (including phenoxy) is 1. The maximum atomic E-state index is 12.2. The maximum Gasteiger partial charge on any atom is 0.379 e. The van der Waals surface area contributed by atoms with Crippen LogP contribution in [-0.2, 0) is 4.79 Å². The number of nitrogens with zero attached hydrogens (tertiary/aromatic N) is 1. The summed E-state index contributed by atoms with van der Waals surface area (Å²) < 4.78 is 10.3. The molecule has 3 aromatic rings. The predicted octanol–water partition coefficient (Wildman–Crippen LogP) is 4.39. The molecular formula is C21H14N2O4S. The van der Waals surface area contributed by atoms with Crippen molar-refractivity contribution in [2.45, 2.75) is 0 Å². The van der Waals surface area contributed by atoms with Crippen LogP contribution in [0.15, 0.2) is 87.3 Å². The number of esters is 1. The average Bonchev–Trinajstić information content (AvgIpc) is 3.34. The van der Waals surface area contributed by atoms with Gasteiger partial charge in [0.1, 0.15) is 5.75 Å². The molecule has 0 radical (unpaired) electrons. The Bertz CT molecular complexity index is 1070. The first-order chi connectivity index (χ1) is 13.7. The van der Waals surface area contributed by atoms with Crippen molar-refractivity contribution in [1.29, 1.82) is 0 Å². The molecule has 0 atom stereocenters. The van der Waals surface area contributed by atoms with Crippen molar-refractivity contribution >= 4 is 40.6 Å². The van der Waals surface area contributed by atoms with Gasteiger partial charge in [-0.05, 0) is 59.8 Å². The number of thioether (sulfide) groups is 1. The number of nitrogens with one attached hydrogen (secondary N) is 1. The number of para-hydroxylation sites is 1. The summed E-state index contributed by atoms with van der Waals surface area (Å²) in [6.45, 7) is 0. The number of benzene rings is 2. The van der Waals surface area contributed by atoms with Gasteiger partial charge in [0.05, 0.1) is 16.9 Å². The summed E-state index contributed by atoms with van der Waals surface area (Å²) in [5.74, 6) is -0.327. The second-order valence-corrected chi connectivity index (χ2v) is 6.79. The zero-order valence-electron chi connectivity index (χ0n) is 14.5. The smallest absolute Gasteiger partial charge is 0.379 e. The van der Waals surface area contributed by atoms with Crippen molar-refractivity contribution in [3.63, 3.8) is 0 Å². The van der Waals surface area contributed by atoms with Crippen LogP contribution in [0.25, 0.3) is 6.08 Å². The summed E-state index contributed by atoms with van der Waals surface area (Å²) in [5.41, 5.74) is 1.49. The molecule has 28 heavy (non-hydrogen) atoms. The van der Waals surface area contributed by atoms with Gasteiger partial charge in [0.2, 0.25) is 5.76 Å². The predicted molar refractivity (Wildman–Crippen MR) is 107 cm³/mol. The van der Waals surface area contributed by atoms with Crippen molar-refractivity contribution in [1.82, 2.24) is 5.32 Å². The van der Waals surface area contributed by atoms with Crippen LogP contribution in [0.1, 0.15) is 16.1 Å². The Morgan fingerprint density at radius 3 is 2.71 bits per heavy atom. The van der Waals surface area contributed by atoms with E-state index in [1.54, 1.807) is 30.3 Å². The van der Waals surface area contributed by atoms with Crippen molar-refractivity contribution < 1.29 is 18.7 Å². The largest absolute Gasteiger partial charge is 0.457 e. The fourth-order valence-corrected chi connectivity index (χ4v) is 3.31. The zero-order chi connectivity index (χ0) is 19.3. The Kier molecular flexibility index (Phi) is 5.07. The highest BCUT2D eigenvalue weighted by Gasteiger charge is 2.23. The first-order valence-electron chi connectivity index (χ1n) is 8.38. The topological polar surface area (TPSA) is 80.9 Å². The molecule has 138 valence electrons. The molecule has 1 fully saturated rings. The molecular weight excluding hydrogens is 376 g/mol. The lowest BCUT2D eigenvalue weighted by atomic mass is 10.2. The van der Waals surface area contributed by atoms with Gasteiger partial charge < -0.3 is 14.5 Å². The summed E-state index contributed by atoms with van der Waals surface area (Å²) in [6.07, 6.45) is 3.12. The van der Waals surface area contributed by atoms with E-state index in [-0.39, 0.29) is 11.7 Å². The highest BCUT2D eigenvalue weighted by Crippen LogP contribution is 2.28. The maximum absolute atomic E-state index is 12.2. The van der Waals surface area contributed by atoms with Crippen molar-refractivity contribution in [3.8, 4) is 5.75 Å². The SMILES string of the molecule is O=C1NC(=Nc2ccccc2)S/C1=C/c1cccc(OC(=O)c2ccco2)c1. The number of carbonyl (C=O) groups is 2. The second kappa shape index (κ2) is 7.98. The standard InChI is InChI=1S/C21H14N2O4S/c24-19-18(28-21(23-19)22-15-7-2-1-3-8-15)13-14-6-4-9-16(12-14)27-20(25)17-10-5-11-26-17/h1-13H,(H,22,23,24)/b18-13+. The molecule has 0 bridgehead atoms. The van der Waals surface area contributed by atoms with Crippen LogP contribution < -0.4 is 10.1 Å². The zero-order valence-corrected chi connectivity index (χ0v) is 15.3. The molecule has 2 aromatic carbocycles. The van der Waals surface area contributed by atoms with E-state index in [1.807, 2.05) is 36.4 Å². The van der Waals surface area contributed by atoms with E-state index in [0.717, 1.165) is 11.3 Å². The number of aliphatic imine (C=N–C) groups is 1. The molecule has 6 nitrogen and oxygen atoms in total. The van der Waals surface area contributed by atoms with E-state index in [2.05, 4.69) is 10.3 Å². The number of carbonyl (C=O) groups excluding carboxylic acids is 2. The molecule has 0 saturated carbocycles. The molecule has 1 amide bonds. The Morgan fingerprint density at radius 2 is 1.93 bits per heavy atom. The molecule has 1 saturated heterocycles. The summed E-state index contributed by atoms with van der Waals surface area (Å²) in [6, 6.07) is 19.4. The molecule has 1 aliphatic rings. The number of amidine groups is 1. The minimum absolute atomic E-state index is 0.122. The third-order valence-corrected chi connectivity index (χ3v) is 4.64. The van der Waals surface area contributed by atoms with Gasteiger partial charge in [0, 0.05) is 0 Å². The molecule has 0 unspecified atom stereocenters. The molecule has 2 heterocycles. The minimum atomic E-state index is -0.583. The van der Waals surface area contributed by atoms with Crippen LogP contribution in [0.2, 0.25) is 0 Å². The van der Waals surface area contributed by atoms with E-state index < -0.39 is 5.97 Å². The van der Waals surface area contributed by atoms with Gasteiger partial charge >= 0.3 is 5.97 Å². The van der Waals surface area contributed by atoms with Crippen LogP contribution >= 0.6 is 11.8 Å². The quantitative estimate of drug-likeness (QED) is 0.406. The first-order valence-corrected chi connectivity index (χ1v) is 9.19. The van der Waals surface area contributed by atoms with Crippen LogP contribution in [0.4, 0.5) is 5.69 Å². The Morgan fingerprint density at radius 1 is 1.07 bits per heavy atom. The Labute approximate surface area is 164 Å². The highest BCUT2D eigenvalue weighted by atomic mass is 32.2. The van der Waals surface area contributed by atoms with Crippen LogP contribution in [0, 0.1) is 0 Å². The van der Waals surface area contributed by atoms with Crippen molar-refractivity contribution in [2.24, 2.45) is 4.99 Å². The van der Waals surface area contributed by atoms with Gasteiger partial charge in [-0.1, -0.05) is 30.3 Å². The lowest BCUT2D eigenvalue weighted by molar-refractivity contribution is -0.115. The average molecular weight is 390 g/mol. The number of hydrogen-bond acceptors (Lipinski definition) is 6. The van der Waals surface area contributed by atoms with E-state index >= 15 is 0 Å². The van der Waals surface area contributed by atoms with Gasteiger partial charge in [-0.15, -0.1) is 0 Å². The molecule has 0 aliphatic carbocycles. The molecule has 1 aliphatic heterocycles. The number of amides is 1. The monoisotopic (exact) mass is 390 g/mol. The summed E-state index contributed by atoms with van der Waals surface area (Å²) in [5, 5.41) is 3.26. The second-order valence-electron chi connectivity index (χ2n) is 5.76. The minimum Gasteiger partial charge on any atom is -0.457 e. The van der Waals surface area contributed by atoms with Gasteiger partial charge in [0.25, 0.3) is 5.91 Å². The van der Waals surface area contributed by atoms with Crippen LogP contribution in [0.5, 0.6) is 5.75 Å². The fraction of sp³-hybridized carbons (Fsp3) is 0. The molecule has 1 N–H and O–H groups in total. The van der Waals surface area contributed by atoms with Crippen LogP contribution in [-0.4, -0.2) is 17.0 Å². The third kappa shape index (κ3) is 4.21. The third-order valence-electron chi connectivity index (χ3n) is 3.73. The van der Waals surface area contributed by atoms with Gasteiger partial charge in [-0.3, -0.25) is 4.79 Å². The first kappa shape index (κ1) is 17.8. The van der Waals surface area contributed by atoms with Crippen LogP contribution in [0.3, 0.4) is 0 Å². The Hall–Kier alpha value is -3.58. The highest BCUT2D eigenvalue weighted by molar-refractivity contribution is 8.18. The Balaban J connectivity index is 1.50. The van der Waals surface area contributed by atoms with Gasteiger partial charge in [-0.2, -0.15) is 0 Å².